The highest BCUT2D eigenvalue weighted by atomic mass is 15.4. The Kier molecular flexibility index (Phi) is 3.29. The minimum atomic E-state index is 0.562. The molecule has 2 rings (SSSR count). The highest BCUT2D eigenvalue weighted by Gasteiger charge is 2.06. The lowest BCUT2D eigenvalue weighted by atomic mass is 10.0. The maximum Gasteiger partial charge on any atom is 0.0692 e. The molecule has 14 heavy (non-hydrogen) atoms. The van der Waals surface area contributed by atoms with Gasteiger partial charge in [0.05, 0.1) is 12.7 Å². The van der Waals surface area contributed by atoms with Gasteiger partial charge in [0.15, 0.2) is 0 Å². The highest BCUT2D eigenvalue weighted by molar-refractivity contribution is 4.97. The Bertz CT molecular complexity index is 278. The number of aromatic nitrogens is 3. The molecule has 1 aromatic heterocycles. The van der Waals surface area contributed by atoms with Crippen LogP contribution in [0, 0.1) is 0 Å². The Morgan fingerprint density at radius 3 is 3.21 bits per heavy atom. The molecule has 1 heterocycles. The number of rotatable bonds is 4. The molecule has 0 spiro atoms. The first-order valence-electron chi connectivity index (χ1n) is 5.19. The molecule has 1 unspecified atom stereocenters. The van der Waals surface area contributed by atoms with Crippen molar-refractivity contribution in [1.82, 2.24) is 20.3 Å². The van der Waals surface area contributed by atoms with Gasteiger partial charge in [-0.25, -0.2) is 0 Å². The minimum Gasteiger partial charge on any atom is -0.309 e. The van der Waals surface area contributed by atoms with Crippen molar-refractivity contribution < 1.29 is 0 Å². The first-order valence-corrected chi connectivity index (χ1v) is 5.19. The Balaban J connectivity index is 1.67. The van der Waals surface area contributed by atoms with Gasteiger partial charge in [-0.2, -0.15) is 0 Å². The van der Waals surface area contributed by atoms with E-state index in [1.165, 1.54) is 19.3 Å². The van der Waals surface area contributed by atoms with Crippen LogP contribution in [0.1, 0.15) is 19.3 Å². The lowest BCUT2D eigenvalue weighted by Gasteiger charge is -2.17. The molecule has 1 N–H and O–H groups in total. The topological polar surface area (TPSA) is 42.7 Å². The molecule has 1 aliphatic rings. The Hall–Kier alpha value is -1.16. The summed E-state index contributed by atoms with van der Waals surface area (Å²) in [4.78, 5) is 0. The molecule has 0 radical (unpaired) electrons. The van der Waals surface area contributed by atoms with Gasteiger partial charge in [0.2, 0.25) is 0 Å². The maximum atomic E-state index is 3.91. The van der Waals surface area contributed by atoms with Crippen LogP contribution in [0.3, 0.4) is 0 Å². The Morgan fingerprint density at radius 2 is 2.50 bits per heavy atom. The fourth-order valence-electron chi connectivity index (χ4n) is 1.70. The van der Waals surface area contributed by atoms with E-state index >= 15 is 0 Å². The van der Waals surface area contributed by atoms with Crippen molar-refractivity contribution in [2.45, 2.75) is 31.8 Å². The van der Waals surface area contributed by atoms with Gasteiger partial charge < -0.3 is 5.32 Å². The summed E-state index contributed by atoms with van der Waals surface area (Å²) in [6, 6.07) is 0.562. The van der Waals surface area contributed by atoms with Gasteiger partial charge in [0.25, 0.3) is 0 Å². The van der Waals surface area contributed by atoms with Crippen LogP contribution in [0.5, 0.6) is 0 Å². The molecule has 76 valence electrons. The van der Waals surface area contributed by atoms with Gasteiger partial charge in [0.1, 0.15) is 0 Å². The van der Waals surface area contributed by atoms with Gasteiger partial charge in [-0.1, -0.05) is 17.4 Å². The molecule has 4 heteroatoms. The Morgan fingerprint density at radius 1 is 1.50 bits per heavy atom. The number of nitrogens with one attached hydrogen (secondary N) is 1. The fraction of sp³-hybridized carbons (Fsp3) is 0.600. The zero-order chi connectivity index (χ0) is 9.64. The second-order valence-electron chi connectivity index (χ2n) is 3.59. The Labute approximate surface area is 84.0 Å². The summed E-state index contributed by atoms with van der Waals surface area (Å²) in [5, 5.41) is 11.2. The molecule has 0 amide bonds. The summed E-state index contributed by atoms with van der Waals surface area (Å²) in [6.07, 6.45) is 11.9. The minimum absolute atomic E-state index is 0.562. The summed E-state index contributed by atoms with van der Waals surface area (Å²) in [6.45, 7) is 1.85. The quantitative estimate of drug-likeness (QED) is 0.723. The first kappa shape index (κ1) is 9.40. The lowest BCUT2D eigenvalue weighted by molar-refractivity contribution is 0.479. The van der Waals surface area contributed by atoms with E-state index in [9.17, 15) is 0 Å². The molecule has 0 saturated carbocycles. The fourth-order valence-corrected chi connectivity index (χ4v) is 1.70. The van der Waals surface area contributed by atoms with Crippen molar-refractivity contribution in [1.29, 1.82) is 0 Å². The molecular weight excluding hydrogens is 176 g/mol. The van der Waals surface area contributed by atoms with Crippen LogP contribution in [0.4, 0.5) is 0 Å². The summed E-state index contributed by atoms with van der Waals surface area (Å²) in [7, 11) is 0. The first-order chi connectivity index (χ1) is 6.95. The van der Waals surface area contributed by atoms with Crippen molar-refractivity contribution in [3.05, 3.63) is 24.5 Å². The molecule has 0 saturated heterocycles. The van der Waals surface area contributed by atoms with Crippen molar-refractivity contribution in [3.63, 3.8) is 0 Å². The van der Waals surface area contributed by atoms with Crippen LogP contribution >= 0.6 is 0 Å². The third kappa shape index (κ3) is 2.67. The van der Waals surface area contributed by atoms with E-state index in [1.807, 2.05) is 10.9 Å². The van der Waals surface area contributed by atoms with Crippen molar-refractivity contribution in [2.75, 3.05) is 6.54 Å². The monoisotopic (exact) mass is 192 g/mol. The third-order valence-corrected chi connectivity index (χ3v) is 2.47. The van der Waals surface area contributed by atoms with Gasteiger partial charge in [-0.3, -0.25) is 4.68 Å². The second-order valence-corrected chi connectivity index (χ2v) is 3.59. The number of allylic oxidation sites excluding steroid dienone is 1. The number of nitrogens with zero attached hydrogens (tertiary/aromatic N) is 3. The van der Waals surface area contributed by atoms with Gasteiger partial charge in [0, 0.05) is 18.8 Å². The molecule has 1 aliphatic carbocycles. The molecule has 0 bridgehead atoms. The summed E-state index contributed by atoms with van der Waals surface area (Å²) in [5.41, 5.74) is 0. The van der Waals surface area contributed by atoms with Crippen LogP contribution in [-0.2, 0) is 6.54 Å². The summed E-state index contributed by atoms with van der Waals surface area (Å²) < 4.78 is 1.85. The van der Waals surface area contributed by atoms with Crippen LogP contribution < -0.4 is 5.32 Å². The molecular formula is C10H16N4. The molecule has 0 aromatic carbocycles. The van der Waals surface area contributed by atoms with Crippen LogP contribution in [0.25, 0.3) is 0 Å². The molecule has 1 aromatic rings. The predicted octanol–water partition coefficient (Wildman–Crippen LogP) is 0.976. The SMILES string of the molecule is C1=CC(NCCn2ccnn2)CCC1. The van der Waals surface area contributed by atoms with Crippen LogP contribution in [0.2, 0.25) is 0 Å². The van der Waals surface area contributed by atoms with E-state index in [2.05, 4.69) is 27.8 Å². The summed E-state index contributed by atoms with van der Waals surface area (Å²) >= 11 is 0. The zero-order valence-electron chi connectivity index (χ0n) is 8.26. The van der Waals surface area contributed by atoms with Crippen molar-refractivity contribution in [3.8, 4) is 0 Å². The number of hydrogen-bond acceptors (Lipinski definition) is 3. The van der Waals surface area contributed by atoms with E-state index in [-0.39, 0.29) is 0 Å². The van der Waals surface area contributed by atoms with E-state index in [0.717, 1.165) is 13.1 Å². The maximum absolute atomic E-state index is 3.91. The van der Waals surface area contributed by atoms with Gasteiger partial charge >= 0.3 is 0 Å². The van der Waals surface area contributed by atoms with Crippen molar-refractivity contribution >= 4 is 0 Å². The smallest absolute Gasteiger partial charge is 0.0692 e. The standard InChI is InChI=1S/C10H16N4/c1-2-4-10(5-3-1)11-6-8-14-9-7-12-13-14/h2,4,7,9-11H,1,3,5-6,8H2. The molecule has 4 nitrogen and oxygen atoms in total. The van der Waals surface area contributed by atoms with Crippen LogP contribution in [0.15, 0.2) is 24.5 Å². The normalized spacial score (nSPS) is 21.3. The van der Waals surface area contributed by atoms with E-state index in [0.29, 0.717) is 6.04 Å². The predicted molar refractivity (Wildman–Crippen MR) is 54.8 cm³/mol. The largest absolute Gasteiger partial charge is 0.309 e. The van der Waals surface area contributed by atoms with E-state index in [1.54, 1.807) is 6.20 Å². The summed E-state index contributed by atoms with van der Waals surface area (Å²) in [5.74, 6) is 0. The lowest BCUT2D eigenvalue weighted by Crippen LogP contribution is -2.31. The number of hydrogen-bond donors (Lipinski definition) is 1. The van der Waals surface area contributed by atoms with Crippen LogP contribution in [-0.4, -0.2) is 27.6 Å². The molecule has 0 fully saturated rings. The second kappa shape index (κ2) is 4.91. The average molecular weight is 192 g/mol. The molecule has 0 aliphatic heterocycles. The van der Waals surface area contributed by atoms with E-state index < -0.39 is 0 Å². The highest BCUT2D eigenvalue weighted by Crippen LogP contribution is 2.09. The zero-order valence-corrected chi connectivity index (χ0v) is 8.26. The van der Waals surface area contributed by atoms with Gasteiger partial charge in [-0.15, -0.1) is 5.10 Å². The average Bonchev–Trinajstić information content (AvgIpc) is 2.72. The van der Waals surface area contributed by atoms with Gasteiger partial charge in [-0.05, 0) is 19.3 Å². The third-order valence-electron chi connectivity index (χ3n) is 2.47. The van der Waals surface area contributed by atoms with Crippen molar-refractivity contribution in [2.24, 2.45) is 0 Å². The molecule has 1 atom stereocenters. The van der Waals surface area contributed by atoms with E-state index in [4.69, 9.17) is 0 Å².